The van der Waals surface area contributed by atoms with Gasteiger partial charge in [-0.25, -0.2) is 0 Å². The molecular formula is C14H12N2S. The van der Waals surface area contributed by atoms with Crippen molar-refractivity contribution in [2.75, 3.05) is 11.4 Å². The summed E-state index contributed by atoms with van der Waals surface area (Å²) >= 11 is 5.34. The molecule has 2 nitrogen and oxygen atoms in total. The zero-order chi connectivity index (χ0) is 11.7. The minimum Gasteiger partial charge on any atom is -0.358 e. The maximum absolute atomic E-state index is 5.34. The Morgan fingerprint density at radius 3 is 2.76 bits per heavy atom. The van der Waals surface area contributed by atoms with Gasteiger partial charge in [-0.3, -0.25) is 4.90 Å². The molecule has 1 heterocycles. The lowest BCUT2D eigenvalue weighted by atomic mass is 10.1. The lowest BCUT2D eigenvalue weighted by molar-refractivity contribution is 0.999. The molecule has 0 saturated heterocycles. The minimum atomic E-state index is 0.754. The van der Waals surface area contributed by atoms with E-state index in [0.29, 0.717) is 0 Å². The standard InChI is InChI=1S/C14H12N2S/c17-14-15-9-4-10-16(14)13-8-3-6-11-5-1-2-7-12(11)13/h1-8,10H,9H2,(H,15,17). The van der Waals surface area contributed by atoms with Crippen molar-refractivity contribution < 1.29 is 0 Å². The Hall–Kier alpha value is -1.87. The topological polar surface area (TPSA) is 15.3 Å². The molecule has 1 aliphatic rings. The van der Waals surface area contributed by atoms with Crippen LogP contribution in [0.15, 0.2) is 54.7 Å². The van der Waals surface area contributed by atoms with E-state index in [1.807, 2.05) is 11.1 Å². The van der Waals surface area contributed by atoms with Gasteiger partial charge in [-0.15, -0.1) is 0 Å². The molecule has 3 heteroatoms. The molecule has 2 aromatic rings. The van der Waals surface area contributed by atoms with Gasteiger partial charge in [-0.05, 0) is 29.7 Å². The summed E-state index contributed by atoms with van der Waals surface area (Å²) < 4.78 is 0. The van der Waals surface area contributed by atoms with E-state index in [1.165, 1.54) is 10.8 Å². The quantitative estimate of drug-likeness (QED) is 0.771. The van der Waals surface area contributed by atoms with Crippen molar-refractivity contribution in [1.29, 1.82) is 0 Å². The Balaban J connectivity index is 2.20. The van der Waals surface area contributed by atoms with E-state index in [1.54, 1.807) is 0 Å². The van der Waals surface area contributed by atoms with E-state index in [-0.39, 0.29) is 0 Å². The van der Waals surface area contributed by atoms with Gasteiger partial charge in [0.1, 0.15) is 0 Å². The second-order valence-corrected chi connectivity index (χ2v) is 4.33. The van der Waals surface area contributed by atoms with Gasteiger partial charge in [0, 0.05) is 18.1 Å². The Kier molecular flexibility index (Phi) is 2.53. The van der Waals surface area contributed by atoms with E-state index in [4.69, 9.17) is 12.2 Å². The summed E-state index contributed by atoms with van der Waals surface area (Å²) in [5.41, 5.74) is 1.12. The molecule has 0 unspecified atom stereocenters. The van der Waals surface area contributed by atoms with Crippen LogP contribution in [0.1, 0.15) is 0 Å². The summed E-state index contributed by atoms with van der Waals surface area (Å²) in [5, 5.41) is 6.36. The summed E-state index contributed by atoms with van der Waals surface area (Å²) in [6.45, 7) is 0.806. The molecule has 2 aromatic carbocycles. The van der Waals surface area contributed by atoms with Crippen LogP contribution in [0.5, 0.6) is 0 Å². The van der Waals surface area contributed by atoms with Gasteiger partial charge >= 0.3 is 0 Å². The molecule has 0 atom stereocenters. The zero-order valence-corrected chi connectivity index (χ0v) is 10.1. The Labute approximate surface area is 106 Å². The van der Waals surface area contributed by atoms with Crippen molar-refractivity contribution >= 4 is 33.8 Å². The number of nitrogens with zero attached hydrogens (tertiary/aromatic N) is 1. The number of hydrogen-bond donors (Lipinski definition) is 1. The van der Waals surface area contributed by atoms with Gasteiger partial charge in [-0.2, -0.15) is 0 Å². The van der Waals surface area contributed by atoms with Crippen LogP contribution < -0.4 is 10.2 Å². The minimum absolute atomic E-state index is 0.754. The molecule has 1 N–H and O–H groups in total. The van der Waals surface area contributed by atoms with Crippen LogP contribution in [-0.4, -0.2) is 11.7 Å². The molecule has 0 saturated carbocycles. The van der Waals surface area contributed by atoms with Gasteiger partial charge in [0.25, 0.3) is 0 Å². The summed E-state index contributed by atoms with van der Waals surface area (Å²) in [6, 6.07) is 14.6. The van der Waals surface area contributed by atoms with Gasteiger partial charge in [0.15, 0.2) is 5.11 Å². The highest BCUT2D eigenvalue weighted by atomic mass is 32.1. The highest BCUT2D eigenvalue weighted by molar-refractivity contribution is 7.80. The van der Waals surface area contributed by atoms with Crippen LogP contribution in [0.4, 0.5) is 5.69 Å². The molecule has 0 aromatic heterocycles. The van der Waals surface area contributed by atoms with Gasteiger partial charge in [0.05, 0.1) is 5.69 Å². The Morgan fingerprint density at radius 1 is 1.06 bits per heavy atom. The van der Waals surface area contributed by atoms with Crippen LogP contribution in [0.3, 0.4) is 0 Å². The average molecular weight is 240 g/mol. The first-order chi connectivity index (χ1) is 8.36. The number of thiocarbonyl (C=S) groups is 1. The number of rotatable bonds is 1. The SMILES string of the molecule is S=C1NCC=CN1c1cccc2ccccc12. The predicted octanol–water partition coefficient (Wildman–Crippen LogP) is 3.05. The molecule has 3 rings (SSSR count). The fraction of sp³-hybridized carbons (Fsp3) is 0.0714. The van der Waals surface area contributed by atoms with Gasteiger partial charge < -0.3 is 5.32 Å². The van der Waals surface area contributed by atoms with E-state index < -0.39 is 0 Å². The zero-order valence-electron chi connectivity index (χ0n) is 9.26. The van der Waals surface area contributed by atoms with Crippen LogP contribution >= 0.6 is 12.2 Å². The highest BCUT2D eigenvalue weighted by Gasteiger charge is 2.13. The normalized spacial score (nSPS) is 15.1. The molecule has 0 bridgehead atoms. The molecule has 0 amide bonds. The fourth-order valence-corrected chi connectivity index (χ4v) is 2.31. The average Bonchev–Trinajstić information content (AvgIpc) is 2.39. The monoisotopic (exact) mass is 240 g/mol. The van der Waals surface area contributed by atoms with Crippen molar-refractivity contribution in [1.82, 2.24) is 5.32 Å². The number of fused-ring (bicyclic) bond motifs is 1. The van der Waals surface area contributed by atoms with Gasteiger partial charge in [-0.1, -0.05) is 36.4 Å². The Bertz CT molecular complexity index is 599. The molecule has 0 fully saturated rings. The van der Waals surface area contributed by atoms with Crippen LogP contribution in [-0.2, 0) is 0 Å². The van der Waals surface area contributed by atoms with Crippen LogP contribution in [0.2, 0.25) is 0 Å². The molecule has 17 heavy (non-hydrogen) atoms. The first-order valence-electron chi connectivity index (χ1n) is 5.58. The third-order valence-corrected chi connectivity index (χ3v) is 3.21. The smallest absolute Gasteiger partial charge is 0.177 e. The van der Waals surface area contributed by atoms with Crippen molar-refractivity contribution in [3.8, 4) is 0 Å². The highest BCUT2D eigenvalue weighted by Crippen LogP contribution is 2.27. The van der Waals surface area contributed by atoms with Crippen molar-refractivity contribution in [2.45, 2.75) is 0 Å². The lowest BCUT2D eigenvalue weighted by Crippen LogP contribution is -2.39. The number of anilines is 1. The second-order valence-electron chi connectivity index (χ2n) is 3.94. The Morgan fingerprint density at radius 2 is 1.88 bits per heavy atom. The maximum atomic E-state index is 5.34. The molecular weight excluding hydrogens is 228 g/mol. The third-order valence-electron chi connectivity index (χ3n) is 2.87. The molecule has 84 valence electrons. The summed E-state index contributed by atoms with van der Waals surface area (Å²) in [6.07, 6.45) is 4.10. The molecule has 0 radical (unpaired) electrons. The number of nitrogens with one attached hydrogen (secondary N) is 1. The third kappa shape index (κ3) is 1.78. The fourth-order valence-electron chi connectivity index (χ4n) is 2.07. The predicted molar refractivity (Wildman–Crippen MR) is 76.2 cm³/mol. The van der Waals surface area contributed by atoms with E-state index in [2.05, 4.69) is 53.9 Å². The molecule has 0 aliphatic carbocycles. The first-order valence-corrected chi connectivity index (χ1v) is 5.98. The summed E-state index contributed by atoms with van der Waals surface area (Å²) in [4.78, 5) is 2.02. The number of hydrogen-bond acceptors (Lipinski definition) is 1. The van der Waals surface area contributed by atoms with Crippen molar-refractivity contribution in [2.24, 2.45) is 0 Å². The maximum Gasteiger partial charge on any atom is 0.177 e. The molecule has 0 spiro atoms. The van der Waals surface area contributed by atoms with E-state index in [9.17, 15) is 0 Å². The number of benzene rings is 2. The van der Waals surface area contributed by atoms with Crippen LogP contribution in [0, 0.1) is 0 Å². The van der Waals surface area contributed by atoms with Crippen molar-refractivity contribution in [3.63, 3.8) is 0 Å². The van der Waals surface area contributed by atoms with Gasteiger partial charge in [0.2, 0.25) is 0 Å². The summed E-state index contributed by atoms with van der Waals surface area (Å²) in [7, 11) is 0. The van der Waals surface area contributed by atoms with Crippen molar-refractivity contribution in [3.05, 3.63) is 54.7 Å². The largest absolute Gasteiger partial charge is 0.358 e. The van der Waals surface area contributed by atoms with E-state index >= 15 is 0 Å². The second kappa shape index (κ2) is 4.18. The summed E-state index contributed by atoms with van der Waals surface area (Å²) in [5.74, 6) is 0. The molecule has 1 aliphatic heterocycles. The van der Waals surface area contributed by atoms with E-state index in [0.717, 1.165) is 17.3 Å². The lowest BCUT2D eigenvalue weighted by Gasteiger charge is -2.26. The van der Waals surface area contributed by atoms with Crippen LogP contribution in [0.25, 0.3) is 10.8 Å². The first kappa shape index (κ1) is 10.3.